The van der Waals surface area contributed by atoms with Gasteiger partial charge in [0.25, 0.3) is 11.7 Å². The number of rotatable bonds is 6. The highest BCUT2D eigenvalue weighted by Gasteiger charge is 2.47. The van der Waals surface area contributed by atoms with Crippen molar-refractivity contribution in [1.82, 2.24) is 9.88 Å². The minimum absolute atomic E-state index is 0.0103. The molecule has 3 heterocycles. The molecule has 0 spiro atoms. The second kappa shape index (κ2) is 8.70. The summed E-state index contributed by atoms with van der Waals surface area (Å²) in [6, 6.07) is 13.1. The Hall–Kier alpha value is -3.87. The van der Waals surface area contributed by atoms with Gasteiger partial charge in [-0.3, -0.25) is 14.6 Å². The number of Topliss-reactive ketones (excluding diaryl/α,β-unsaturated/α-hetero) is 1. The summed E-state index contributed by atoms with van der Waals surface area (Å²) in [5.41, 5.74) is 1.85. The highest BCUT2D eigenvalue weighted by atomic mass is 16.5. The van der Waals surface area contributed by atoms with Gasteiger partial charge in [-0.2, -0.15) is 0 Å². The highest BCUT2D eigenvalue weighted by Crippen LogP contribution is 2.41. The summed E-state index contributed by atoms with van der Waals surface area (Å²) >= 11 is 0. The number of ether oxygens (including phenoxy) is 1. The van der Waals surface area contributed by atoms with Gasteiger partial charge in [0.1, 0.15) is 29.1 Å². The third kappa shape index (κ3) is 3.89. The Kier molecular flexibility index (Phi) is 5.81. The van der Waals surface area contributed by atoms with Gasteiger partial charge in [-0.25, -0.2) is 0 Å². The van der Waals surface area contributed by atoms with E-state index in [9.17, 15) is 14.7 Å². The van der Waals surface area contributed by atoms with Gasteiger partial charge < -0.3 is 19.2 Å². The van der Waals surface area contributed by atoms with Crippen LogP contribution in [0.2, 0.25) is 0 Å². The molecule has 0 saturated carbocycles. The number of nitrogens with zero attached hydrogens (tertiary/aromatic N) is 2. The number of aliphatic hydroxyl groups is 1. The van der Waals surface area contributed by atoms with E-state index in [1.165, 1.54) is 4.90 Å². The second-order valence-corrected chi connectivity index (χ2v) is 7.61. The summed E-state index contributed by atoms with van der Waals surface area (Å²) in [5.74, 6) is 0.0139. The fourth-order valence-electron chi connectivity index (χ4n) is 3.88. The lowest BCUT2D eigenvalue weighted by Gasteiger charge is -2.23. The standard InChI is InChI=1S/C25H24N2O5/c1-4-31-19-11-9-17(13-15(19)2)23(28)21-22(20-10-8-16(3)32-20)27(25(30)24(21)29)14-18-7-5-6-12-26-18/h5-13,22,28H,4,14H2,1-3H3/b23-21-. The van der Waals surface area contributed by atoms with E-state index in [2.05, 4.69) is 4.98 Å². The van der Waals surface area contributed by atoms with Gasteiger partial charge in [0.05, 0.1) is 24.4 Å². The third-order valence-electron chi connectivity index (χ3n) is 5.38. The van der Waals surface area contributed by atoms with Crippen molar-refractivity contribution in [2.45, 2.75) is 33.4 Å². The van der Waals surface area contributed by atoms with E-state index in [0.29, 0.717) is 35.1 Å². The predicted octanol–water partition coefficient (Wildman–Crippen LogP) is 4.31. The van der Waals surface area contributed by atoms with Gasteiger partial charge in [0.2, 0.25) is 0 Å². The molecule has 7 nitrogen and oxygen atoms in total. The molecule has 7 heteroatoms. The molecule has 1 N–H and O–H groups in total. The number of furan rings is 1. The Morgan fingerprint density at radius 2 is 1.97 bits per heavy atom. The zero-order valence-electron chi connectivity index (χ0n) is 18.2. The summed E-state index contributed by atoms with van der Waals surface area (Å²) in [5, 5.41) is 11.2. The molecule has 3 aromatic rings. The topological polar surface area (TPSA) is 92.9 Å². The maximum absolute atomic E-state index is 13.1. The van der Waals surface area contributed by atoms with E-state index in [1.807, 2.05) is 19.9 Å². The van der Waals surface area contributed by atoms with Gasteiger partial charge in [-0.05, 0) is 68.8 Å². The van der Waals surface area contributed by atoms with Gasteiger partial charge in [-0.15, -0.1) is 0 Å². The lowest BCUT2D eigenvalue weighted by atomic mass is 9.98. The Bertz CT molecular complexity index is 1200. The SMILES string of the molecule is CCOc1ccc(/C(O)=C2/C(=O)C(=O)N(Cc3ccccn3)C2c2ccc(C)o2)cc1C. The minimum Gasteiger partial charge on any atom is -0.507 e. The van der Waals surface area contributed by atoms with Crippen LogP contribution in [0.25, 0.3) is 5.76 Å². The molecule has 0 bridgehead atoms. The summed E-state index contributed by atoms with van der Waals surface area (Å²) < 4.78 is 11.4. The Morgan fingerprint density at radius 1 is 1.16 bits per heavy atom. The molecular formula is C25H24N2O5. The molecular weight excluding hydrogens is 408 g/mol. The van der Waals surface area contributed by atoms with Crippen LogP contribution >= 0.6 is 0 Å². The quantitative estimate of drug-likeness (QED) is 0.354. The number of aromatic nitrogens is 1. The van der Waals surface area contributed by atoms with Crippen LogP contribution in [0.4, 0.5) is 0 Å². The number of benzene rings is 1. The second-order valence-electron chi connectivity index (χ2n) is 7.61. The fourth-order valence-corrected chi connectivity index (χ4v) is 3.88. The van der Waals surface area contributed by atoms with Crippen molar-refractivity contribution in [2.24, 2.45) is 0 Å². The largest absolute Gasteiger partial charge is 0.507 e. The molecule has 1 fully saturated rings. The van der Waals surface area contributed by atoms with E-state index in [0.717, 1.165) is 5.56 Å². The maximum Gasteiger partial charge on any atom is 0.296 e. The highest BCUT2D eigenvalue weighted by molar-refractivity contribution is 6.46. The molecule has 1 aromatic carbocycles. The van der Waals surface area contributed by atoms with Crippen molar-refractivity contribution >= 4 is 17.4 Å². The van der Waals surface area contributed by atoms with Gasteiger partial charge in [-0.1, -0.05) is 6.07 Å². The Morgan fingerprint density at radius 3 is 2.59 bits per heavy atom. The molecule has 1 amide bonds. The van der Waals surface area contributed by atoms with Crippen LogP contribution in [0.3, 0.4) is 0 Å². The van der Waals surface area contributed by atoms with Crippen LogP contribution < -0.4 is 4.74 Å². The molecule has 2 aromatic heterocycles. The van der Waals surface area contributed by atoms with Crippen LogP contribution in [0.15, 0.2) is 64.7 Å². The number of pyridine rings is 1. The third-order valence-corrected chi connectivity index (χ3v) is 5.38. The maximum atomic E-state index is 13.1. The first kappa shape index (κ1) is 21.4. The molecule has 0 radical (unpaired) electrons. The average Bonchev–Trinajstić information content (AvgIpc) is 3.32. The van der Waals surface area contributed by atoms with Crippen molar-refractivity contribution in [3.8, 4) is 5.75 Å². The summed E-state index contributed by atoms with van der Waals surface area (Å²) in [7, 11) is 0. The van der Waals surface area contributed by atoms with Crippen LogP contribution in [0.1, 0.15) is 41.3 Å². The lowest BCUT2D eigenvalue weighted by molar-refractivity contribution is -0.140. The monoisotopic (exact) mass is 432 g/mol. The molecule has 164 valence electrons. The van der Waals surface area contributed by atoms with E-state index in [4.69, 9.17) is 9.15 Å². The van der Waals surface area contributed by atoms with Crippen molar-refractivity contribution in [1.29, 1.82) is 0 Å². The molecule has 1 unspecified atom stereocenters. The van der Waals surface area contributed by atoms with Crippen LogP contribution in [-0.2, 0) is 16.1 Å². The van der Waals surface area contributed by atoms with E-state index >= 15 is 0 Å². The number of amides is 1. The number of carbonyl (C=O) groups excluding carboxylic acids is 2. The molecule has 0 aliphatic carbocycles. The predicted molar refractivity (Wildman–Crippen MR) is 118 cm³/mol. The first-order valence-corrected chi connectivity index (χ1v) is 10.4. The first-order chi connectivity index (χ1) is 15.4. The Labute approximate surface area is 186 Å². The van der Waals surface area contributed by atoms with E-state index < -0.39 is 17.7 Å². The van der Waals surface area contributed by atoms with Crippen molar-refractivity contribution in [3.63, 3.8) is 0 Å². The number of ketones is 1. The molecule has 1 aliphatic heterocycles. The van der Waals surface area contributed by atoms with Crippen molar-refractivity contribution < 1.29 is 23.8 Å². The summed E-state index contributed by atoms with van der Waals surface area (Å²) in [6.45, 7) is 6.15. The number of likely N-dealkylation sites (tertiary alicyclic amines) is 1. The number of aliphatic hydroxyl groups excluding tert-OH is 1. The van der Waals surface area contributed by atoms with Gasteiger partial charge >= 0.3 is 0 Å². The molecule has 1 atom stereocenters. The first-order valence-electron chi connectivity index (χ1n) is 10.4. The number of aryl methyl sites for hydroxylation is 2. The van der Waals surface area contributed by atoms with E-state index in [1.54, 1.807) is 55.6 Å². The van der Waals surface area contributed by atoms with Crippen molar-refractivity contribution in [3.05, 3.63) is 88.6 Å². The lowest BCUT2D eigenvalue weighted by Crippen LogP contribution is -2.29. The van der Waals surface area contributed by atoms with Crippen LogP contribution in [-0.4, -0.2) is 33.3 Å². The Balaban J connectivity index is 1.82. The summed E-state index contributed by atoms with van der Waals surface area (Å²) in [4.78, 5) is 31.7. The van der Waals surface area contributed by atoms with Gasteiger partial charge in [0, 0.05) is 11.8 Å². The summed E-state index contributed by atoms with van der Waals surface area (Å²) in [6.07, 6.45) is 1.63. The molecule has 32 heavy (non-hydrogen) atoms. The number of hydrogen-bond acceptors (Lipinski definition) is 6. The number of carbonyl (C=O) groups is 2. The molecule has 4 rings (SSSR count). The molecule has 1 aliphatic rings. The zero-order chi connectivity index (χ0) is 22.8. The van der Waals surface area contributed by atoms with Crippen molar-refractivity contribution in [2.75, 3.05) is 6.61 Å². The van der Waals surface area contributed by atoms with E-state index in [-0.39, 0.29) is 17.9 Å². The smallest absolute Gasteiger partial charge is 0.296 e. The average molecular weight is 432 g/mol. The normalized spacial score (nSPS) is 17.7. The van der Waals surface area contributed by atoms with Crippen LogP contribution in [0.5, 0.6) is 5.75 Å². The fraction of sp³-hybridized carbons (Fsp3) is 0.240. The van der Waals surface area contributed by atoms with Gasteiger partial charge in [0.15, 0.2) is 0 Å². The molecule has 1 saturated heterocycles. The minimum atomic E-state index is -0.863. The van der Waals surface area contributed by atoms with Crippen LogP contribution in [0, 0.1) is 13.8 Å². The zero-order valence-corrected chi connectivity index (χ0v) is 18.2. The number of hydrogen-bond donors (Lipinski definition) is 1.